The Hall–Kier alpha value is -10.1. The molecule has 2 unspecified atom stereocenters. The first-order valence-corrected chi connectivity index (χ1v) is 38.2. The number of hydrogen-bond acceptors (Lipinski definition) is 14. The number of anilines is 1. The van der Waals surface area contributed by atoms with E-state index < -0.39 is 11.8 Å². The third-order valence-electron chi connectivity index (χ3n) is 18.3. The number of hydrogen-bond donors (Lipinski definition) is 3. The van der Waals surface area contributed by atoms with Gasteiger partial charge in [0, 0.05) is 87.7 Å². The number of allylic oxidation sites excluding steroid dienone is 1. The lowest BCUT2D eigenvalue weighted by molar-refractivity contribution is -0.132. The van der Waals surface area contributed by atoms with E-state index in [0.29, 0.717) is 75.7 Å². The second-order valence-electron chi connectivity index (χ2n) is 25.7. The summed E-state index contributed by atoms with van der Waals surface area (Å²) in [6.45, 7) is 10.8. The molecule has 15 rings (SSSR count). The highest BCUT2D eigenvalue weighted by molar-refractivity contribution is 9.11. The molecule has 3 N–H and O–H groups in total. The molecule has 5 aliphatic rings. The van der Waals surface area contributed by atoms with Crippen LogP contribution in [0.4, 0.5) is 5.69 Å². The van der Waals surface area contributed by atoms with Crippen LogP contribution in [0.2, 0.25) is 0 Å². The Morgan fingerprint density at radius 3 is 1.50 bits per heavy atom. The number of halogens is 5. The quantitative estimate of drug-likeness (QED) is 0.0717. The molecule has 0 saturated heterocycles. The van der Waals surface area contributed by atoms with Crippen molar-refractivity contribution in [3.63, 3.8) is 0 Å². The van der Waals surface area contributed by atoms with Gasteiger partial charge >= 0.3 is 0 Å². The number of fused-ring (bicyclic) bond motifs is 5. The number of carbonyl (C=O) groups is 8. The van der Waals surface area contributed by atoms with Crippen molar-refractivity contribution in [3.8, 4) is 5.75 Å². The highest BCUT2D eigenvalue weighted by Gasteiger charge is 2.39. The fraction of sp³-hybridized carbons (Fsp3) is 0.193. The van der Waals surface area contributed by atoms with E-state index in [-0.39, 0.29) is 58.7 Å². The van der Waals surface area contributed by atoms with Crippen molar-refractivity contribution in [2.75, 3.05) is 38.0 Å². The number of aromatic hydroxyl groups is 1. The van der Waals surface area contributed by atoms with Gasteiger partial charge in [-0.05, 0) is 222 Å². The van der Waals surface area contributed by atoms with Crippen LogP contribution in [0.25, 0.3) is 10.9 Å². The lowest BCUT2D eigenvalue weighted by Crippen LogP contribution is -2.32. The van der Waals surface area contributed by atoms with Crippen LogP contribution >= 0.6 is 79.6 Å². The summed E-state index contributed by atoms with van der Waals surface area (Å²) in [5, 5.41) is 24.3. The van der Waals surface area contributed by atoms with Crippen LogP contribution in [0, 0.1) is 39.5 Å². The van der Waals surface area contributed by atoms with Gasteiger partial charge in [-0.2, -0.15) is 0 Å². The minimum atomic E-state index is -0.537. The van der Waals surface area contributed by atoms with Crippen molar-refractivity contribution < 1.29 is 43.5 Å². The molecule has 3 aromatic heterocycles. The molecular weight excluding hydrogens is 1680 g/mol. The first kappa shape index (κ1) is 78.0. The van der Waals surface area contributed by atoms with Crippen molar-refractivity contribution in [3.05, 3.63) is 318 Å². The molecule has 107 heavy (non-hydrogen) atoms. The van der Waals surface area contributed by atoms with Gasteiger partial charge in [-0.3, -0.25) is 68.0 Å². The number of nitrogens with one attached hydrogen (secondary N) is 2. The third-order valence-corrected chi connectivity index (χ3v) is 22.0. The van der Waals surface area contributed by atoms with Gasteiger partial charge in [-0.15, -0.1) is 10.2 Å². The van der Waals surface area contributed by atoms with Crippen LogP contribution in [-0.4, -0.2) is 115 Å². The van der Waals surface area contributed by atoms with Crippen molar-refractivity contribution in [2.24, 2.45) is 22.1 Å². The van der Waals surface area contributed by atoms with Gasteiger partial charge in [0.2, 0.25) is 0 Å². The van der Waals surface area contributed by atoms with Crippen LogP contribution in [0.15, 0.2) is 245 Å². The average molecular weight is 1750 g/mol. The zero-order chi connectivity index (χ0) is 76.0. The number of aromatic nitrogens is 3. The maximum absolute atomic E-state index is 12.2. The van der Waals surface area contributed by atoms with E-state index in [1.165, 1.54) is 61.1 Å². The zero-order valence-corrected chi connectivity index (χ0v) is 66.5. The minimum absolute atomic E-state index is 0.193. The van der Waals surface area contributed by atoms with E-state index in [1.54, 1.807) is 60.8 Å². The number of imide groups is 3. The van der Waals surface area contributed by atoms with Gasteiger partial charge in [0.1, 0.15) is 11.4 Å². The predicted octanol–water partition coefficient (Wildman–Crippen LogP) is 17.0. The van der Waals surface area contributed by atoms with Gasteiger partial charge in [-0.25, -0.2) is 0 Å². The molecule has 10 aromatic rings. The summed E-state index contributed by atoms with van der Waals surface area (Å²) in [6.07, 6.45) is 15.3. The zero-order valence-electron chi connectivity index (χ0n) is 58.5. The van der Waals surface area contributed by atoms with Gasteiger partial charge in [0.05, 0.1) is 54.1 Å². The Balaban J connectivity index is 0.000000133. The number of aryl methyl sites for hydroxylation is 3. The smallest absolute Gasteiger partial charge is 0.280 e. The SMILES string of the molecule is Cc1c(Br)cc(CCNC2=CC3C(=O)N=NC(=O)C3C=C2)cc1Br.Cc1ccc(CCN2C(=O)c3ccccc3C2=O)cc1Br.Cc1ccc(CCN2C(=O)c3cccnc3C2=O)cc1.Cc1ccc(CCN2C(=O)c3ccncc3C2=O)cc1.Oc1c(Br)cc(CCNc2ccc3cccnc3c2)cc1Br. The first-order chi connectivity index (χ1) is 51.5. The number of pyridine rings is 3. The van der Waals surface area contributed by atoms with E-state index >= 15 is 0 Å². The lowest BCUT2D eigenvalue weighted by atomic mass is 9.85. The monoisotopic (exact) mass is 1750 g/mol. The molecule has 0 spiro atoms. The number of carbonyl (C=O) groups excluding carboxylic acids is 8. The maximum Gasteiger partial charge on any atom is 0.280 e. The Labute approximate surface area is 660 Å². The van der Waals surface area contributed by atoms with Crippen LogP contribution in [0.5, 0.6) is 5.75 Å². The molecular formula is C83H71Br5N10O9. The maximum atomic E-state index is 12.2. The number of phenols is 1. The third kappa shape index (κ3) is 19.4. The van der Waals surface area contributed by atoms with Crippen molar-refractivity contribution >= 4 is 143 Å². The summed E-state index contributed by atoms with van der Waals surface area (Å²) in [7, 11) is 0. The van der Waals surface area contributed by atoms with E-state index in [4.69, 9.17) is 0 Å². The minimum Gasteiger partial charge on any atom is -0.506 e. The molecule has 0 radical (unpaired) electrons. The number of rotatable bonds is 17. The summed E-state index contributed by atoms with van der Waals surface area (Å²) in [4.78, 5) is 113. The fourth-order valence-electron chi connectivity index (χ4n) is 12.1. The van der Waals surface area contributed by atoms with E-state index in [9.17, 15) is 43.5 Å². The first-order valence-electron chi connectivity index (χ1n) is 34.3. The number of benzene rings is 7. The summed E-state index contributed by atoms with van der Waals surface area (Å²) >= 11 is 17.3. The summed E-state index contributed by atoms with van der Waals surface area (Å²) in [6, 6.07) is 52.4. The molecule has 7 aromatic carbocycles. The second-order valence-corrected chi connectivity index (χ2v) is 30.0. The van der Waals surface area contributed by atoms with Crippen LogP contribution in [0.1, 0.15) is 112 Å². The van der Waals surface area contributed by atoms with E-state index in [2.05, 4.69) is 152 Å². The normalized spacial score (nSPS) is 15.1. The lowest BCUT2D eigenvalue weighted by Gasteiger charge is -2.23. The highest BCUT2D eigenvalue weighted by atomic mass is 79.9. The number of azo groups is 1. The van der Waals surface area contributed by atoms with Gasteiger partial charge < -0.3 is 15.7 Å². The fourth-order valence-corrected chi connectivity index (χ4v) is 15.1. The standard InChI is InChI=1S/C17H15Br2N3O2.C17H14Br2N2O.C17H14BrNO2.2C16H14N2O2/c1-9-14(18)6-10(7-15(9)19)4-5-20-11-2-3-12-13(8-11)17(24)22-21-16(12)23;18-14-8-11(9-15(19)17(14)22)5-7-20-13-4-3-12-2-1-6-21-16(12)10-13;1-11-6-7-12(10-15(11)18)8-9-19-16(20)13-4-2-3-5-14(13)17(19)21;1-11-2-4-12(5-3-11)7-9-18-15(19)13-6-8-17-10-14(13)16(18)20;1-11-4-6-12(7-5-11)8-10-18-15(19)13-3-2-9-17-14(13)16(18)20/h2-3,6-8,12-13,20H,4-5H2,1H3;1-4,6,8-10,20,22H,5,7H2;2-7,10H,8-9H2,1H3;2-6,8,10H,7,9H2,1H3;2-7,9H,8,10H2,1H3. The molecule has 1 aliphatic carbocycles. The summed E-state index contributed by atoms with van der Waals surface area (Å²) in [5.41, 5.74) is 15.8. The molecule has 0 fully saturated rings. The second kappa shape index (κ2) is 36.0. The molecule has 2 atom stereocenters. The summed E-state index contributed by atoms with van der Waals surface area (Å²) in [5.74, 6) is -2.93. The molecule has 542 valence electrons. The number of phenolic OH excluding ortho intramolecular Hbond substituents is 1. The van der Waals surface area contributed by atoms with Gasteiger partial charge in [0.25, 0.3) is 47.3 Å². The Morgan fingerprint density at radius 2 is 0.916 bits per heavy atom. The van der Waals surface area contributed by atoms with Gasteiger partial charge in [-0.1, -0.05) is 150 Å². The molecule has 24 heteroatoms. The van der Waals surface area contributed by atoms with Crippen LogP contribution in [-0.2, 0) is 41.7 Å². The van der Waals surface area contributed by atoms with Crippen molar-refractivity contribution in [2.45, 2.75) is 59.8 Å². The number of amides is 8. The molecule has 8 amide bonds. The molecule has 19 nitrogen and oxygen atoms in total. The van der Waals surface area contributed by atoms with Crippen molar-refractivity contribution in [1.82, 2.24) is 35.0 Å². The number of nitrogens with zero attached hydrogens (tertiary/aromatic N) is 8. The van der Waals surface area contributed by atoms with E-state index in [0.717, 1.165) is 83.9 Å². The molecule has 0 bridgehead atoms. The average Bonchev–Trinajstić information content (AvgIpc) is 1.61. The molecule has 7 heterocycles. The van der Waals surface area contributed by atoms with Crippen LogP contribution < -0.4 is 10.6 Å². The topological polar surface area (TPSA) is 254 Å². The van der Waals surface area contributed by atoms with Crippen molar-refractivity contribution in [1.29, 1.82) is 0 Å². The molecule has 4 aliphatic heterocycles. The Kier molecular flexibility index (Phi) is 26.2. The largest absolute Gasteiger partial charge is 0.506 e. The van der Waals surface area contributed by atoms with Gasteiger partial charge in [0.15, 0.2) is 0 Å². The van der Waals surface area contributed by atoms with Crippen LogP contribution in [0.3, 0.4) is 0 Å². The predicted molar refractivity (Wildman–Crippen MR) is 428 cm³/mol. The molecule has 0 saturated carbocycles. The Morgan fingerprint density at radius 1 is 0.430 bits per heavy atom. The Bertz CT molecular complexity index is 4930. The summed E-state index contributed by atoms with van der Waals surface area (Å²) < 4.78 is 4.59. The van der Waals surface area contributed by atoms with E-state index in [1.807, 2.05) is 119 Å². The highest BCUT2D eigenvalue weighted by Crippen LogP contribution is 2.35.